The Morgan fingerprint density at radius 3 is 1.56 bits per heavy atom. The molecular weight excluding hydrogens is 810 g/mol. The summed E-state index contributed by atoms with van der Waals surface area (Å²) < 4.78 is 13.4. The second kappa shape index (κ2) is 18.5. The molecule has 0 spiro atoms. The molecule has 0 saturated heterocycles. The Morgan fingerprint density at radius 1 is 0.556 bits per heavy atom. The maximum Gasteiger partial charge on any atom is 0.178 e. The molecule has 0 aliphatic rings. The summed E-state index contributed by atoms with van der Waals surface area (Å²) in [5.74, 6) is 3.27. The molecule has 5 heterocycles. The van der Waals surface area contributed by atoms with E-state index in [4.69, 9.17) is 9.47 Å². The van der Waals surface area contributed by atoms with E-state index in [0.29, 0.717) is 24.5 Å². The first-order valence-corrected chi connectivity index (χ1v) is 19.0. The molecule has 272 valence electrons. The van der Waals surface area contributed by atoms with E-state index in [1.165, 1.54) is 5.56 Å². The first kappa shape index (κ1) is 36.9. The predicted molar refractivity (Wildman–Crippen MR) is 219 cm³/mol. The monoisotopic (exact) mass is 845 g/mol. The number of benzene rings is 3. The summed E-state index contributed by atoms with van der Waals surface area (Å²) in [6.07, 6.45) is 7.12. The van der Waals surface area contributed by atoms with Crippen molar-refractivity contribution < 1.29 is 9.47 Å². The highest BCUT2D eigenvalue weighted by Gasteiger charge is 2.09. The van der Waals surface area contributed by atoms with Crippen molar-refractivity contribution in [3.63, 3.8) is 0 Å². The van der Waals surface area contributed by atoms with E-state index in [9.17, 15) is 0 Å². The standard InChI is InChI=1S/C21H19BrN4O.C20H18BrN5O/c22-17-12-19-21(24-14-17)26-20(25-19)16-6-8-18(9-7-16)27-11-10-23-13-15-4-2-1-3-5-15;21-16-10-18-20(24-13-16)26-19(25-18)15-3-5-17(6-4-15)27-9-8-23-12-14-2-1-7-22-11-14/h1-9,12,14,23H,10-11,13H2,(H,24,25,26);1-7,10-11,13,23H,8-9,12H2,(H,24,25,26). The van der Waals surface area contributed by atoms with Crippen molar-refractivity contribution >= 4 is 54.2 Å². The largest absolute Gasteiger partial charge is 0.492 e. The maximum atomic E-state index is 5.80. The molecule has 0 aliphatic carbocycles. The first-order valence-electron chi connectivity index (χ1n) is 17.4. The molecule has 8 aromatic rings. The fourth-order valence-corrected chi connectivity index (χ4v) is 6.15. The van der Waals surface area contributed by atoms with Crippen LogP contribution in [0.15, 0.2) is 137 Å². The lowest BCUT2D eigenvalue weighted by molar-refractivity contribution is 0.313. The summed E-state index contributed by atoms with van der Waals surface area (Å²) in [4.78, 5) is 28.3. The van der Waals surface area contributed by atoms with Crippen molar-refractivity contribution in [2.75, 3.05) is 26.3 Å². The summed E-state index contributed by atoms with van der Waals surface area (Å²) in [7, 11) is 0. The molecule has 0 saturated carbocycles. The highest BCUT2D eigenvalue weighted by Crippen LogP contribution is 2.25. The van der Waals surface area contributed by atoms with Crippen LogP contribution in [0.2, 0.25) is 0 Å². The zero-order chi connectivity index (χ0) is 37.0. The molecule has 13 heteroatoms. The van der Waals surface area contributed by atoms with E-state index in [2.05, 4.69) is 89.5 Å². The van der Waals surface area contributed by atoms with Crippen LogP contribution in [-0.2, 0) is 13.1 Å². The molecule has 4 N–H and O–H groups in total. The summed E-state index contributed by atoms with van der Waals surface area (Å²) in [5, 5.41) is 6.72. The third-order valence-corrected chi connectivity index (χ3v) is 9.05. The number of rotatable bonds is 14. The zero-order valence-electron chi connectivity index (χ0n) is 29.2. The number of fused-ring (bicyclic) bond motifs is 2. The summed E-state index contributed by atoms with van der Waals surface area (Å²) in [5.41, 5.74) is 7.64. The van der Waals surface area contributed by atoms with Crippen LogP contribution in [0.4, 0.5) is 0 Å². The molecule has 0 bridgehead atoms. The van der Waals surface area contributed by atoms with Gasteiger partial charge in [0.15, 0.2) is 11.3 Å². The van der Waals surface area contributed by atoms with Gasteiger partial charge in [0.2, 0.25) is 0 Å². The van der Waals surface area contributed by atoms with Gasteiger partial charge in [-0.2, -0.15) is 0 Å². The number of halogens is 2. The fourth-order valence-electron chi connectivity index (χ4n) is 5.49. The van der Waals surface area contributed by atoms with Crippen LogP contribution < -0.4 is 20.1 Å². The minimum Gasteiger partial charge on any atom is -0.492 e. The lowest BCUT2D eigenvalue weighted by Gasteiger charge is -2.08. The van der Waals surface area contributed by atoms with E-state index in [1.807, 2.05) is 97.2 Å². The maximum absolute atomic E-state index is 5.80. The van der Waals surface area contributed by atoms with Crippen LogP contribution in [0.1, 0.15) is 11.1 Å². The summed E-state index contributed by atoms with van der Waals surface area (Å²) in [6, 6.07) is 34.1. The highest BCUT2D eigenvalue weighted by atomic mass is 79.9. The smallest absolute Gasteiger partial charge is 0.178 e. The molecule has 11 nitrogen and oxygen atoms in total. The molecular formula is C41H37Br2N9O2. The Labute approximate surface area is 329 Å². The van der Waals surface area contributed by atoms with Gasteiger partial charge in [-0.15, -0.1) is 0 Å². The van der Waals surface area contributed by atoms with Crippen molar-refractivity contribution in [2.45, 2.75) is 13.1 Å². The number of aromatic nitrogens is 7. The first-order chi connectivity index (χ1) is 26.6. The molecule has 0 atom stereocenters. The predicted octanol–water partition coefficient (Wildman–Crippen LogP) is 8.51. The lowest BCUT2D eigenvalue weighted by Crippen LogP contribution is -2.20. The van der Waals surface area contributed by atoms with Gasteiger partial charge in [-0.3, -0.25) is 4.98 Å². The van der Waals surface area contributed by atoms with Crippen LogP contribution in [-0.4, -0.2) is 61.2 Å². The van der Waals surface area contributed by atoms with Crippen LogP contribution in [0.3, 0.4) is 0 Å². The normalized spacial score (nSPS) is 11.0. The number of aromatic amines is 2. The van der Waals surface area contributed by atoms with Gasteiger partial charge < -0.3 is 30.1 Å². The third kappa shape index (κ3) is 10.4. The number of imidazole rings is 2. The molecule has 3 aromatic carbocycles. The SMILES string of the molecule is Brc1cnc2nc(-c3ccc(OCCNCc4ccccc4)cc3)[nH]c2c1.Brc1cnc2nc(-c3ccc(OCCNCc4cccnc4)cc3)[nH]c2c1. The van der Waals surface area contributed by atoms with Crippen LogP contribution in [0.25, 0.3) is 45.1 Å². The average molecular weight is 848 g/mol. The molecule has 0 amide bonds. The van der Waals surface area contributed by atoms with Crippen molar-refractivity contribution in [1.82, 2.24) is 45.5 Å². The van der Waals surface area contributed by atoms with E-state index in [0.717, 1.165) is 86.0 Å². The minimum atomic E-state index is 0.599. The molecule has 0 radical (unpaired) electrons. The highest BCUT2D eigenvalue weighted by molar-refractivity contribution is 9.10. The Bertz CT molecular complexity index is 2200. The molecule has 5 aromatic heterocycles. The van der Waals surface area contributed by atoms with Gasteiger partial charge in [0.05, 0.1) is 11.0 Å². The molecule has 0 aliphatic heterocycles. The van der Waals surface area contributed by atoms with Crippen molar-refractivity contribution in [1.29, 1.82) is 0 Å². The van der Waals surface area contributed by atoms with E-state index < -0.39 is 0 Å². The number of hydrogen-bond acceptors (Lipinski definition) is 9. The van der Waals surface area contributed by atoms with Crippen molar-refractivity contribution in [3.05, 3.63) is 148 Å². The Balaban J connectivity index is 0.000000167. The second-order valence-electron chi connectivity index (χ2n) is 12.2. The number of ether oxygens (including phenoxy) is 2. The Kier molecular flexibility index (Phi) is 12.6. The second-order valence-corrected chi connectivity index (χ2v) is 14.0. The third-order valence-electron chi connectivity index (χ3n) is 8.18. The number of hydrogen-bond donors (Lipinski definition) is 4. The quantitative estimate of drug-likeness (QED) is 0.0794. The minimum absolute atomic E-state index is 0.599. The van der Waals surface area contributed by atoms with Crippen LogP contribution >= 0.6 is 31.9 Å². The summed E-state index contributed by atoms with van der Waals surface area (Å²) in [6.45, 7) is 4.41. The van der Waals surface area contributed by atoms with Gasteiger partial charge in [-0.05, 0) is 110 Å². The number of nitrogens with zero attached hydrogens (tertiary/aromatic N) is 5. The Morgan fingerprint density at radius 2 is 1.06 bits per heavy atom. The van der Waals surface area contributed by atoms with Crippen LogP contribution in [0.5, 0.6) is 11.5 Å². The number of nitrogens with one attached hydrogen (secondary N) is 4. The van der Waals surface area contributed by atoms with Gasteiger partial charge in [-0.25, -0.2) is 19.9 Å². The van der Waals surface area contributed by atoms with E-state index in [-0.39, 0.29) is 0 Å². The van der Waals surface area contributed by atoms with Gasteiger partial charge in [0.1, 0.15) is 36.4 Å². The number of H-pyrrole nitrogens is 2. The fraction of sp³-hybridized carbons (Fsp3) is 0.146. The Hall–Kier alpha value is -5.47. The number of pyridine rings is 3. The van der Waals surface area contributed by atoms with Crippen LogP contribution in [0, 0.1) is 0 Å². The van der Waals surface area contributed by atoms with Gasteiger partial charge in [-0.1, -0.05) is 36.4 Å². The zero-order valence-corrected chi connectivity index (χ0v) is 32.3. The topological polar surface area (TPSA) is 139 Å². The molecule has 0 fully saturated rings. The molecule has 8 rings (SSSR count). The average Bonchev–Trinajstić information content (AvgIpc) is 3.83. The summed E-state index contributed by atoms with van der Waals surface area (Å²) >= 11 is 6.84. The van der Waals surface area contributed by atoms with Gasteiger partial charge in [0.25, 0.3) is 0 Å². The van der Waals surface area contributed by atoms with E-state index >= 15 is 0 Å². The van der Waals surface area contributed by atoms with Crippen molar-refractivity contribution in [3.8, 4) is 34.3 Å². The van der Waals surface area contributed by atoms with Gasteiger partial charge >= 0.3 is 0 Å². The van der Waals surface area contributed by atoms with Crippen molar-refractivity contribution in [2.24, 2.45) is 0 Å². The van der Waals surface area contributed by atoms with E-state index in [1.54, 1.807) is 18.6 Å². The lowest BCUT2D eigenvalue weighted by atomic mass is 10.2. The molecule has 0 unspecified atom stereocenters. The van der Waals surface area contributed by atoms with Gasteiger partial charge in [0, 0.05) is 71.0 Å². The molecule has 54 heavy (non-hydrogen) atoms.